The lowest BCUT2D eigenvalue weighted by Crippen LogP contribution is -2.55. The third-order valence-electron chi connectivity index (χ3n) is 5.93. The lowest BCUT2D eigenvalue weighted by Gasteiger charge is -2.37. The molecular formula is C23H31N5O2S. The molecule has 4 rings (SSSR count). The Bertz CT molecular complexity index is 927. The minimum absolute atomic E-state index is 0.107. The molecule has 1 aromatic heterocycles. The van der Waals surface area contributed by atoms with Crippen LogP contribution >= 0.6 is 11.8 Å². The van der Waals surface area contributed by atoms with E-state index in [1.807, 2.05) is 22.6 Å². The highest BCUT2D eigenvalue weighted by molar-refractivity contribution is 7.99. The first-order chi connectivity index (χ1) is 14.9. The van der Waals surface area contributed by atoms with Gasteiger partial charge < -0.3 is 10.2 Å². The Morgan fingerprint density at radius 1 is 1.13 bits per heavy atom. The molecule has 2 amide bonds. The van der Waals surface area contributed by atoms with E-state index in [-0.39, 0.29) is 17.9 Å². The number of amides is 2. The SMILES string of the molecule is Cc1cc(C)cc(-n2ccnc2SCC(=O)N2CCN(C(C)C(=O)NC3CC3)CC2)c1. The highest BCUT2D eigenvalue weighted by Gasteiger charge is 2.30. The summed E-state index contributed by atoms with van der Waals surface area (Å²) in [5, 5.41) is 3.89. The first-order valence-electron chi connectivity index (χ1n) is 11.0. The second kappa shape index (κ2) is 9.44. The summed E-state index contributed by atoms with van der Waals surface area (Å²) in [7, 11) is 0. The van der Waals surface area contributed by atoms with Crippen molar-refractivity contribution in [1.29, 1.82) is 0 Å². The zero-order chi connectivity index (χ0) is 22.0. The van der Waals surface area contributed by atoms with Crippen LogP contribution in [0.15, 0.2) is 35.7 Å². The maximum atomic E-state index is 12.8. The zero-order valence-electron chi connectivity index (χ0n) is 18.5. The van der Waals surface area contributed by atoms with Crippen LogP contribution in [-0.4, -0.2) is 75.2 Å². The van der Waals surface area contributed by atoms with Crippen LogP contribution in [0.3, 0.4) is 0 Å². The molecule has 1 aliphatic carbocycles. The predicted molar refractivity (Wildman–Crippen MR) is 123 cm³/mol. The summed E-state index contributed by atoms with van der Waals surface area (Å²) in [6, 6.07) is 6.64. The molecule has 31 heavy (non-hydrogen) atoms. The first-order valence-corrected chi connectivity index (χ1v) is 12.0. The Morgan fingerprint density at radius 3 is 2.45 bits per heavy atom. The molecule has 2 aliphatic rings. The molecule has 0 bridgehead atoms. The summed E-state index contributed by atoms with van der Waals surface area (Å²) in [4.78, 5) is 33.6. The van der Waals surface area contributed by atoms with Gasteiger partial charge in [-0.15, -0.1) is 0 Å². The average molecular weight is 442 g/mol. The van der Waals surface area contributed by atoms with E-state index in [1.54, 1.807) is 6.20 Å². The number of aromatic nitrogens is 2. The molecule has 7 nitrogen and oxygen atoms in total. The molecule has 1 saturated heterocycles. The summed E-state index contributed by atoms with van der Waals surface area (Å²) in [6.45, 7) is 8.90. The number of carbonyl (C=O) groups is 2. The highest BCUT2D eigenvalue weighted by atomic mass is 32.2. The van der Waals surface area contributed by atoms with E-state index in [2.05, 4.69) is 47.2 Å². The Hall–Kier alpha value is -2.32. The summed E-state index contributed by atoms with van der Waals surface area (Å²) < 4.78 is 2.04. The number of thioether (sulfide) groups is 1. The number of benzene rings is 1. The quantitative estimate of drug-likeness (QED) is 0.668. The number of nitrogens with zero attached hydrogens (tertiary/aromatic N) is 4. The lowest BCUT2D eigenvalue weighted by atomic mass is 10.1. The standard InChI is InChI=1S/C23H31N5O2S/c1-16-12-17(2)14-20(13-16)28-7-6-24-23(28)31-15-21(29)27-10-8-26(9-11-27)18(3)22(30)25-19-4-5-19/h6-7,12-14,18-19H,4-5,8-11,15H2,1-3H3,(H,25,30). The van der Waals surface area contributed by atoms with Crippen molar-refractivity contribution in [3.63, 3.8) is 0 Å². The number of piperazine rings is 1. The van der Waals surface area contributed by atoms with Gasteiger partial charge in [-0.05, 0) is 56.9 Å². The lowest BCUT2D eigenvalue weighted by molar-refractivity contribution is -0.131. The molecule has 1 unspecified atom stereocenters. The van der Waals surface area contributed by atoms with E-state index >= 15 is 0 Å². The summed E-state index contributed by atoms with van der Waals surface area (Å²) >= 11 is 1.47. The number of nitrogens with one attached hydrogen (secondary N) is 1. The van der Waals surface area contributed by atoms with Crippen molar-refractivity contribution >= 4 is 23.6 Å². The molecule has 166 valence electrons. The fourth-order valence-corrected chi connectivity index (χ4v) is 4.85. The largest absolute Gasteiger partial charge is 0.352 e. The minimum atomic E-state index is -0.141. The van der Waals surface area contributed by atoms with Gasteiger partial charge in [0, 0.05) is 50.3 Å². The Balaban J connectivity index is 1.28. The molecule has 2 heterocycles. The van der Waals surface area contributed by atoms with Crippen LogP contribution in [0.25, 0.3) is 5.69 Å². The van der Waals surface area contributed by atoms with E-state index in [0.717, 1.165) is 36.8 Å². The summed E-state index contributed by atoms with van der Waals surface area (Å²) in [5.74, 6) is 0.588. The molecule has 1 aromatic carbocycles. The van der Waals surface area contributed by atoms with Gasteiger partial charge in [0.1, 0.15) is 0 Å². The van der Waals surface area contributed by atoms with Crippen molar-refractivity contribution < 1.29 is 9.59 Å². The number of rotatable bonds is 7. The average Bonchev–Trinajstić information content (AvgIpc) is 3.43. The fourth-order valence-electron chi connectivity index (χ4n) is 3.97. The number of hydrogen-bond acceptors (Lipinski definition) is 5. The second-order valence-corrected chi connectivity index (χ2v) is 9.53. The van der Waals surface area contributed by atoms with Gasteiger partial charge in [0.2, 0.25) is 11.8 Å². The Labute approximate surface area is 188 Å². The fraction of sp³-hybridized carbons (Fsp3) is 0.522. The van der Waals surface area contributed by atoms with E-state index in [9.17, 15) is 9.59 Å². The zero-order valence-corrected chi connectivity index (χ0v) is 19.3. The van der Waals surface area contributed by atoms with Crippen molar-refractivity contribution in [1.82, 2.24) is 24.7 Å². The maximum Gasteiger partial charge on any atom is 0.237 e. The molecule has 2 aromatic rings. The second-order valence-electron chi connectivity index (χ2n) is 8.59. The number of carbonyl (C=O) groups excluding carboxylic acids is 2. The molecule has 0 spiro atoms. The van der Waals surface area contributed by atoms with Crippen LogP contribution in [0, 0.1) is 13.8 Å². The van der Waals surface area contributed by atoms with Gasteiger partial charge in [0.15, 0.2) is 5.16 Å². The Morgan fingerprint density at radius 2 is 1.81 bits per heavy atom. The van der Waals surface area contributed by atoms with E-state index in [1.165, 1.54) is 22.9 Å². The minimum Gasteiger partial charge on any atom is -0.352 e. The van der Waals surface area contributed by atoms with Crippen molar-refractivity contribution in [2.24, 2.45) is 0 Å². The van der Waals surface area contributed by atoms with Crippen molar-refractivity contribution in [3.05, 3.63) is 41.7 Å². The van der Waals surface area contributed by atoms with Crippen LogP contribution < -0.4 is 5.32 Å². The van der Waals surface area contributed by atoms with Crippen LogP contribution in [0.4, 0.5) is 0 Å². The van der Waals surface area contributed by atoms with E-state index in [4.69, 9.17) is 0 Å². The normalized spacial score (nSPS) is 18.1. The van der Waals surface area contributed by atoms with E-state index < -0.39 is 0 Å². The van der Waals surface area contributed by atoms with Gasteiger partial charge in [0.05, 0.1) is 11.8 Å². The van der Waals surface area contributed by atoms with Gasteiger partial charge >= 0.3 is 0 Å². The first kappa shape index (κ1) is 21.9. The van der Waals surface area contributed by atoms with Gasteiger partial charge in [0.25, 0.3) is 0 Å². The van der Waals surface area contributed by atoms with Crippen LogP contribution in [0.5, 0.6) is 0 Å². The van der Waals surface area contributed by atoms with Gasteiger partial charge in [-0.1, -0.05) is 17.8 Å². The van der Waals surface area contributed by atoms with Gasteiger partial charge in [-0.25, -0.2) is 4.98 Å². The predicted octanol–water partition coefficient (Wildman–Crippen LogP) is 2.39. The smallest absolute Gasteiger partial charge is 0.237 e. The molecule has 8 heteroatoms. The molecule has 1 N–H and O–H groups in total. The molecular weight excluding hydrogens is 410 g/mol. The van der Waals surface area contributed by atoms with Crippen LogP contribution in [0.2, 0.25) is 0 Å². The number of hydrogen-bond donors (Lipinski definition) is 1. The van der Waals surface area contributed by atoms with Crippen molar-refractivity contribution in [2.45, 2.75) is 50.9 Å². The topological polar surface area (TPSA) is 70.5 Å². The third kappa shape index (κ3) is 5.49. The monoisotopic (exact) mass is 441 g/mol. The molecule has 1 atom stereocenters. The highest BCUT2D eigenvalue weighted by Crippen LogP contribution is 2.23. The number of imidazole rings is 1. The molecule has 1 aliphatic heterocycles. The molecule has 0 radical (unpaired) electrons. The van der Waals surface area contributed by atoms with Gasteiger partial charge in [-0.3, -0.25) is 19.1 Å². The Kier molecular flexibility index (Phi) is 6.67. The number of aryl methyl sites for hydroxylation is 2. The van der Waals surface area contributed by atoms with Crippen LogP contribution in [-0.2, 0) is 9.59 Å². The van der Waals surface area contributed by atoms with E-state index in [0.29, 0.717) is 24.9 Å². The summed E-state index contributed by atoms with van der Waals surface area (Å²) in [5.41, 5.74) is 3.47. The van der Waals surface area contributed by atoms with Crippen molar-refractivity contribution in [3.8, 4) is 5.69 Å². The van der Waals surface area contributed by atoms with Gasteiger partial charge in [-0.2, -0.15) is 0 Å². The molecule has 2 fully saturated rings. The van der Waals surface area contributed by atoms with Crippen LogP contribution in [0.1, 0.15) is 30.9 Å². The summed E-state index contributed by atoms with van der Waals surface area (Å²) in [6.07, 6.45) is 5.91. The maximum absolute atomic E-state index is 12.8. The molecule has 1 saturated carbocycles. The third-order valence-corrected chi connectivity index (χ3v) is 6.89. The van der Waals surface area contributed by atoms with Crippen molar-refractivity contribution in [2.75, 3.05) is 31.9 Å².